The van der Waals surface area contributed by atoms with Gasteiger partial charge in [-0.2, -0.15) is 0 Å². The molecule has 22 heavy (non-hydrogen) atoms. The normalized spacial score (nSPS) is 20.3. The summed E-state index contributed by atoms with van der Waals surface area (Å²) in [5.74, 6) is -0.625. The predicted molar refractivity (Wildman–Crippen MR) is 86.4 cm³/mol. The lowest BCUT2D eigenvalue weighted by atomic mass is 9.89. The van der Waals surface area contributed by atoms with E-state index in [9.17, 15) is 14.7 Å². The molecule has 0 radical (unpaired) electrons. The van der Waals surface area contributed by atoms with Gasteiger partial charge in [0, 0.05) is 17.0 Å². The van der Waals surface area contributed by atoms with Gasteiger partial charge in [-0.3, -0.25) is 9.59 Å². The maximum Gasteiger partial charge on any atom is 0.264 e. The molecule has 1 atom stereocenters. The number of Topliss-reactive ketones (excluding diaryl/α,β-unsaturated/α-hetero) is 1. The molecule has 1 unspecified atom stereocenters. The number of hydrogen-bond donors (Lipinski definition) is 1. The lowest BCUT2D eigenvalue weighted by Crippen LogP contribution is -2.41. The summed E-state index contributed by atoms with van der Waals surface area (Å²) in [5, 5.41) is 10.9. The number of para-hydroxylation sites is 1. The van der Waals surface area contributed by atoms with E-state index in [1.54, 1.807) is 24.3 Å². The molecule has 0 aliphatic carbocycles. The van der Waals surface area contributed by atoms with E-state index in [1.807, 2.05) is 26.0 Å². The molecule has 5 heteroatoms. The molecule has 1 N–H and O–H groups in total. The number of likely N-dealkylation sites (N-methyl/N-ethyl adjacent to an activating group) is 1. The molecule has 114 valence electrons. The summed E-state index contributed by atoms with van der Waals surface area (Å²) in [6.07, 6.45) is -0.223. The van der Waals surface area contributed by atoms with Crippen LogP contribution in [0.1, 0.15) is 33.5 Å². The van der Waals surface area contributed by atoms with Crippen LogP contribution in [0.25, 0.3) is 0 Å². The van der Waals surface area contributed by atoms with Crippen molar-refractivity contribution in [2.24, 2.45) is 0 Å². The number of benzene rings is 1. The number of amides is 1. The largest absolute Gasteiger partial charge is 0.375 e. The topological polar surface area (TPSA) is 57.6 Å². The van der Waals surface area contributed by atoms with Crippen LogP contribution in [0.5, 0.6) is 0 Å². The van der Waals surface area contributed by atoms with Crippen molar-refractivity contribution >= 4 is 28.7 Å². The summed E-state index contributed by atoms with van der Waals surface area (Å²) in [6, 6.07) is 10.7. The molecule has 1 aromatic heterocycles. The summed E-state index contributed by atoms with van der Waals surface area (Å²) in [7, 11) is 0. The van der Waals surface area contributed by atoms with Gasteiger partial charge in [-0.25, -0.2) is 0 Å². The molecule has 1 aliphatic rings. The monoisotopic (exact) mass is 315 g/mol. The fraction of sp³-hybridized carbons (Fsp3) is 0.294. The number of carbonyl (C=O) groups excluding carboxylic acids is 2. The van der Waals surface area contributed by atoms with Crippen LogP contribution in [0.3, 0.4) is 0 Å². The van der Waals surface area contributed by atoms with Gasteiger partial charge in [0.15, 0.2) is 11.4 Å². The van der Waals surface area contributed by atoms with Gasteiger partial charge in [-0.05, 0) is 32.0 Å². The quantitative estimate of drug-likeness (QED) is 0.883. The Morgan fingerprint density at radius 3 is 2.64 bits per heavy atom. The highest BCUT2D eigenvalue weighted by atomic mass is 32.1. The molecular weight excluding hydrogens is 298 g/mol. The predicted octanol–water partition coefficient (Wildman–Crippen LogP) is 2.88. The van der Waals surface area contributed by atoms with Gasteiger partial charge in [0.2, 0.25) is 0 Å². The van der Waals surface area contributed by atoms with Gasteiger partial charge in [-0.15, -0.1) is 11.3 Å². The first-order valence-electron chi connectivity index (χ1n) is 7.21. The molecule has 0 bridgehead atoms. The maximum atomic E-state index is 12.6. The Bertz CT molecular complexity index is 752. The van der Waals surface area contributed by atoms with Crippen molar-refractivity contribution in [2.45, 2.75) is 25.9 Å². The fourth-order valence-electron chi connectivity index (χ4n) is 2.90. The second-order valence-electron chi connectivity index (χ2n) is 5.44. The van der Waals surface area contributed by atoms with E-state index < -0.39 is 11.5 Å². The average Bonchev–Trinajstić information content (AvgIpc) is 3.02. The van der Waals surface area contributed by atoms with Crippen molar-refractivity contribution in [3.05, 3.63) is 51.7 Å². The van der Waals surface area contributed by atoms with E-state index in [-0.39, 0.29) is 12.2 Å². The van der Waals surface area contributed by atoms with Crippen molar-refractivity contribution in [3.8, 4) is 0 Å². The second-order valence-corrected chi connectivity index (χ2v) is 6.72. The highest BCUT2D eigenvalue weighted by Crippen LogP contribution is 2.42. The summed E-state index contributed by atoms with van der Waals surface area (Å²) in [5.41, 5.74) is -0.558. The Labute approximate surface area is 133 Å². The number of aryl methyl sites for hydroxylation is 1. The zero-order valence-electron chi connectivity index (χ0n) is 12.5. The minimum Gasteiger partial charge on any atom is -0.375 e. The molecule has 3 rings (SSSR count). The van der Waals surface area contributed by atoms with Crippen LogP contribution in [0, 0.1) is 6.92 Å². The Morgan fingerprint density at radius 1 is 1.27 bits per heavy atom. The number of anilines is 1. The third kappa shape index (κ3) is 2.17. The molecule has 0 fully saturated rings. The first kappa shape index (κ1) is 14.9. The molecule has 0 spiro atoms. The number of ketones is 1. The number of fused-ring (bicyclic) bond motifs is 1. The lowest BCUT2D eigenvalue weighted by molar-refractivity contribution is -0.135. The molecule has 2 aromatic rings. The van der Waals surface area contributed by atoms with Gasteiger partial charge in [0.1, 0.15) is 0 Å². The zero-order chi connectivity index (χ0) is 15.9. The summed E-state index contributed by atoms with van der Waals surface area (Å²) in [6.45, 7) is 4.24. The standard InChI is InChI=1S/C17H17NO3S/c1-3-18-13-7-5-4-6-12(13)17(21,16(18)20)10-14(19)15-9-8-11(2)22-15/h4-9,21H,3,10H2,1-2H3. The van der Waals surface area contributed by atoms with Crippen LogP contribution >= 0.6 is 11.3 Å². The number of hydrogen-bond acceptors (Lipinski definition) is 4. The first-order valence-corrected chi connectivity index (χ1v) is 8.02. The Balaban J connectivity index is 1.98. The van der Waals surface area contributed by atoms with Gasteiger partial charge in [0.25, 0.3) is 5.91 Å². The average molecular weight is 315 g/mol. The lowest BCUT2D eigenvalue weighted by Gasteiger charge is -2.21. The maximum absolute atomic E-state index is 12.6. The molecule has 1 aliphatic heterocycles. The van der Waals surface area contributed by atoms with Gasteiger partial charge < -0.3 is 10.0 Å². The highest BCUT2D eigenvalue weighted by Gasteiger charge is 2.50. The van der Waals surface area contributed by atoms with Crippen LogP contribution in [0.4, 0.5) is 5.69 Å². The molecule has 1 amide bonds. The Hall–Kier alpha value is -1.98. The van der Waals surface area contributed by atoms with Crippen molar-refractivity contribution in [1.82, 2.24) is 0 Å². The summed E-state index contributed by atoms with van der Waals surface area (Å²) in [4.78, 5) is 28.2. The summed E-state index contributed by atoms with van der Waals surface area (Å²) < 4.78 is 0. The van der Waals surface area contributed by atoms with E-state index in [4.69, 9.17) is 0 Å². The van der Waals surface area contributed by atoms with Crippen molar-refractivity contribution in [3.63, 3.8) is 0 Å². The van der Waals surface area contributed by atoms with Crippen LogP contribution in [0.15, 0.2) is 36.4 Å². The van der Waals surface area contributed by atoms with Gasteiger partial charge in [0.05, 0.1) is 17.0 Å². The van der Waals surface area contributed by atoms with Crippen LogP contribution in [-0.2, 0) is 10.4 Å². The smallest absolute Gasteiger partial charge is 0.264 e. The zero-order valence-corrected chi connectivity index (χ0v) is 13.3. The molecule has 0 saturated carbocycles. The minimum atomic E-state index is -1.76. The minimum absolute atomic E-state index is 0.207. The molecule has 1 aromatic carbocycles. The van der Waals surface area contributed by atoms with Crippen LogP contribution < -0.4 is 4.90 Å². The third-order valence-corrected chi connectivity index (χ3v) is 5.03. The van der Waals surface area contributed by atoms with Crippen molar-refractivity contribution < 1.29 is 14.7 Å². The second kappa shape index (κ2) is 5.34. The van der Waals surface area contributed by atoms with Gasteiger partial charge in [-0.1, -0.05) is 18.2 Å². The van der Waals surface area contributed by atoms with E-state index in [0.717, 1.165) is 4.88 Å². The van der Waals surface area contributed by atoms with E-state index in [0.29, 0.717) is 22.7 Å². The third-order valence-electron chi connectivity index (χ3n) is 3.99. The van der Waals surface area contributed by atoms with Crippen LogP contribution in [-0.4, -0.2) is 23.3 Å². The highest BCUT2D eigenvalue weighted by molar-refractivity contribution is 7.14. The van der Waals surface area contributed by atoms with Crippen LogP contribution in [0.2, 0.25) is 0 Å². The number of carbonyl (C=O) groups is 2. The molecule has 0 saturated heterocycles. The number of aliphatic hydroxyl groups is 1. The SMILES string of the molecule is CCN1C(=O)C(O)(CC(=O)c2ccc(C)s2)c2ccccc21. The summed E-state index contributed by atoms with van der Waals surface area (Å²) >= 11 is 1.38. The Kier molecular flexibility index (Phi) is 3.62. The Morgan fingerprint density at radius 2 is 2.00 bits per heavy atom. The molecule has 4 nitrogen and oxygen atoms in total. The van der Waals surface area contributed by atoms with Crippen molar-refractivity contribution in [1.29, 1.82) is 0 Å². The van der Waals surface area contributed by atoms with E-state index in [1.165, 1.54) is 16.2 Å². The number of thiophene rings is 1. The van der Waals surface area contributed by atoms with Gasteiger partial charge >= 0.3 is 0 Å². The molecule has 2 heterocycles. The molecular formula is C17H17NO3S. The first-order chi connectivity index (χ1) is 10.5. The van der Waals surface area contributed by atoms with E-state index in [2.05, 4.69) is 0 Å². The fourth-order valence-corrected chi connectivity index (χ4v) is 3.70. The van der Waals surface area contributed by atoms with E-state index >= 15 is 0 Å². The number of rotatable bonds is 4. The number of nitrogens with zero attached hydrogens (tertiary/aromatic N) is 1. The van der Waals surface area contributed by atoms with Crippen molar-refractivity contribution in [2.75, 3.05) is 11.4 Å².